The lowest BCUT2D eigenvalue weighted by Crippen LogP contribution is -2.24. The highest BCUT2D eigenvalue weighted by Crippen LogP contribution is 2.33. The molecule has 1 aliphatic rings. The first kappa shape index (κ1) is 20.5. The Morgan fingerprint density at radius 1 is 1.10 bits per heavy atom. The van der Waals surface area contributed by atoms with Crippen LogP contribution in [0.3, 0.4) is 0 Å². The summed E-state index contributed by atoms with van der Waals surface area (Å²) in [7, 11) is 2.97. The first-order valence-electron chi connectivity index (χ1n) is 9.50. The van der Waals surface area contributed by atoms with Gasteiger partial charge in [-0.1, -0.05) is 0 Å². The van der Waals surface area contributed by atoms with Crippen LogP contribution in [0.5, 0.6) is 5.75 Å². The van der Waals surface area contributed by atoms with Crippen molar-refractivity contribution >= 4 is 18.0 Å². The first-order valence-corrected chi connectivity index (χ1v) is 9.50. The molecule has 6 heteroatoms. The molecule has 1 amide bonds. The van der Waals surface area contributed by atoms with Crippen molar-refractivity contribution in [2.45, 2.75) is 27.7 Å². The maximum absolute atomic E-state index is 12.9. The van der Waals surface area contributed by atoms with E-state index in [0.29, 0.717) is 23.4 Å². The number of nitrogens with zero attached hydrogens (tertiary/aromatic N) is 2. The molecule has 0 bridgehead atoms. The van der Waals surface area contributed by atoms with Crippen LogP contribution in [0, 0.1) is 13.8 Å². The van der Waals surface area contributed by atoms with E-state index in [1.165, 1.54) is 7.11 Å². The predicted molar refractivity (Wildman–Crippen MR) is 112 cm³/mol. The van der Waals surface area contributed by atoms with Gasteiger partial charge in [0.25, 0.3) is 5.91 Å². The highest BCUT2D eigenvalue weighted by molar-refractivity contribution is 6.16. The van der Waals surface area contributed by atoms with Crippen LogP contribution in [-0.2, 0) is 14.3 Å². The van der Waals surface area contributed by atoms with Gasteiger partial charge in [0.05, 0.1) is 25.4 Å². The summed E-state index contributed by atoms with van der Waals surface area (Å²) in [6, 6.07) is 9.80. The lowest BCUT2D eigenvalue weighted by atomic mass is 10.0. The average molecular weight is 394 g/mol. The van der Waals surface area contributed by atoms with Gasteiger partial charge in [-0.15, -0.1) is 0 Å². The van der Waals surface area contributed by atoms with Crippen LogP contribution in [-0.4, -0.2) is 42.1 Å². The van der Waals surface area contributed by atoms with Gasteiger partial charge in [0.1, 0.15) is 5.75 Å². The fourth-order valence-electron chi connectivity index (χ4n) is 3.83. The number of hydrogen-bond acceptors (Lipinski definition) is 4. The number of aromatic nitrogens is 1. The number of amides is 1. The Bertz CT molecular complexity index is 1030. The molecule has 0 aliphatic carbocycles. The number of rotatable bonds is 5. The third-order valence-corrected chi connectivity index (χ3v) is 5.32. The smallest absolute Gasteiger partial charge is 0.340 e. The number of methoxy groups -OCH3 is 2. The van der Waals surface area contributed by atoms with Gasteiger partial charge < -0.3 is 18.9 Å². The lowest BCUT2D eigenvalue weighted by Gasteiger charge is -2.14. The number of hydrogen-bond donors (Lipinski definition) is 0. The van der Waals surface area contributed by atoms with E-state index in [0.717, 1.165) is 28.4 Å². The van der Waals surface area contributed by atoms with Gasteiger partial charge in [-0.05, 0) is 69.7 Å². The van der Waals surface area contributed by atoms with E-state index in [4.69, 9.17) is 9.47 Å². The molecule has 6 nitrogen and oxygen atoms in total. The molecule has 1 aliphatic heterocycles. The molecule has 152 valence electrons. The number of carbonyl (C=O) groups is 2. The average Bonchev–Trinajstić information content (AvgIpc) is 3.13. The molecule has 0 saturated carbocycles. The number of benzene rings is 1. The van der Waals surface area contributed by atoms with Crippen LogP contribution in [0.2, 0.25) is 0 Å². The van der Waals surface area contributed by atoms with Gasteiger partial charge in [-0.3, -0.25) is 4.79 Å². The minimum atomic E-state index is -0.498. The van der Waals surface area contributed by atoms with Crippen molar-refractivity contribution < 1.29 is 19.1 Å². The van der Waals surface area contributed by atoms with Crippen molar-refractivity contribution in [2.24, 2.45) is 0 Å². The van der Waals surface area contributed by atoms with E-state index < -0.39 is 5.97 Å². The molecule has 1 aromatic heterocycles. The Labute approximate surface area is 171 Å². The monoisotopic (exact) mass is 394 g/mol. The van der Waals surface area contributed by atoms with Crippen LogP contribution in [0.1, 0.15) is 30.8 Å². The molecule has 2 heterocycles. The Hall–Kier alpha value is -3.28. The first-order chi connectivity index (χ1) is 13.8. The third kappa shape index (κ3) is 3.46. The second-order valence-corrected chi connectivity index (χ2v) is 6.92. The second kappa shape index (κ2) is 7.99. The van der Waals surface area contributed by atoms with Crippen LogP contribution in [0.15, 0.2) is 47.2 Å². The maximum Gasteiger partial charge on any atom is 0.340 e. The number of allylic oxidation sites excluding steroid dienone is 1. The SMILES string of the molecule is CCN1C(=O)C(=Cc2cc(C)n(-c3ccc(OC)cc3)c2C)C(C(=O)OC)=C1C. The lowest BCUT2D eigenvalue weighted by molar-refractivity contribution is -0.136. The molecule has 0 saturated heterocycles. The minimum Gasteiger partial charge on any atom is -0.497 e. The fraction of sp³-hybridized carbons (Fsp3) is 0.304. The third-order valence-electron chi connectivity index (χ3n) is 5.32. The molecule has 0 atom stereocenters. The summed E-state index contributed by atoms with van der Waals surface area (Å²) in [5, 5.41) is 0. The summed E-state index contributed by atoms with van der Waals surface area (Å²) >= 11 is 0. The Kier molecular flexibility index (Phi) is 5.64. The molecule has 1 aromatic carbocycles. The van der Waals surface area contributed by atoms with Gasteiger partial charge in [0.15, 0.2) is 0 Å². The molecule has 0 spiro atoms. The van der Waals surface area contributed by atoms with Crippen molar-refractivity contribution in [2.75, 3.05) is 20.8 Å². The molecule has 0 radical (unpaired) electrons. The topological polar surface area (TPSA) is 60.8 Å². The molecule has 0 unspecified atom stereocenters. The van der Waals surface area contributed by atoms with Gasteiger partial charge in [0, 0.05) is 29.3 Å². The largest absolute Gasteiger partial charge is 0.497 e. The second-order valence-electron chi connectivity index (χ2n) is 6.92. The van der Waals surface area contributed by atoms with Gasteiger partial charge >= 0.3 is 5.97 Å². The summed E-state index contributed by atoms with van der Waals surface area (Å²) in [5.41, 5.74) is 5.20. The quantitative estimate of drug-likeness (QED) is 0.572. The molecule has 0 fully saturated rings. The van der Waals surface area contributed by atoms with E-state index >= 15 is 0 Å². The molecule has 0 N–H and O–H groups in total. The molecule has 3 rings (SSSR count). The van der Waals surface area contributed by atoms with E-state index in [1.807, 2.05) is 51.1 Å². The summed E-state index contributed by atoms with van der Waals surface area (Å²) in [4.78, 5) is 26.9. The highest BCUT2D eigenvalue weighted by Gasteiger charge is 2.36. The molecule has 29 heavy (non-hydrogen) atoms. The number of likely N-dealkylation sites (N-methyl/N-ethyl adjacent to an activating group) is 1. The standard InChI is InChI=1S/C23H26N2O4/c1-7-24-16(4)21(23(27)29-6)20(22(24)26)13-17-12-14(2)25(15(17)3)18-8-10-19(28-5)11-9-18/h8-13H,7H2,1-6H3. The minimum absolute atomic E-state index is 0.181. The molecule has 2 aromatic rings. The van der Waals surface area contributed by atoms with Crippen LogP contribution >= 0.6 is 0 Å². The van der Waals surface area contributed by atoms with Crippen molar-refractivity contribution in [3.63, 3.8) is 0 Å². The fourth-order valence-corrected chi connectivity index (χ4v) is 3.83. The predicted octanol–water partition coefficient (Wildman–Crippen LogP) is 3.80. The number of carbonyl (C=O) groups excluding carboxylic acids is 2. The summed E-state index contributed by atoms with van der Waals surface area (Å²) < 4.78 is 12.3. The van der Waals surface area contributed by atoms with Crippen LogP contribution in [0.4, 0.5) is 0 Å². The van der Waals surface area contributed by atoms with E-state index in [1.54, 1.807) is 25.0 Å². The summed E-state index contributed by atoms with van der Waals surface area (Å²) in [5.74, 6) is 0.111. The van der Waals surface area contributed by atoms with Gasteiger partial charge in [0.2, 0.25) is 0 Å². The van der Waals surface area contributed by atoms with E-state index in [-0.39, 0.29) is 5.91 Å². The highest BCUT2D eigenvalue weighted by atomic mass is 16.5. The van der Waals surface area contributed by atoms with Crippen LogP contribution < -0.4 is 4.74 Å². The Morgan fingerprint density at radius 2 is 1.76 bits per heavy atom. The van der Waals surface area contributed by atoms with Gasteiger partial charge in [-0.2, -0.15) is 0 Å². The van der Waals surface area contributed by atoms with Crippen molar-refractivity contribution in [3.8, 4) is 11.4 Å². The van der Waals surface area contributed by atoms with Crippen LogP contribution in [0.25, 0.3) is 11.8 Å². The number of ether oxygens (including phenoxy) is 2. The normalized spacial score (nSPS) is 15.4. The summed E-state index contributed by atoms with van der Waals surface area (Å²) in [6.07, 6.45) is 1.79. The van der Waals surface area contributed by atoms with Crippen molar-refractivity contribution in [3.05, 3.63) is 64.1 Å². The summed E-state index contributed by atoms with van der Waals surface area (Å²) in [6.45, 7) is 8.16. The molecular formula is C23H26N2O4. The zero-order valence-corrected chi connectivity index (χ0v) is 17.7. The van der Waals surface area contributed by atoms with Gasteiger partial charge in [-0.25, -0.2) is 4.79 Å². The van der Waals surface area contributed by atoms with Crippen molar-refractivity contribution in [1.82, 2.24) is 9.47 Å². The molecular weight excluding hydrogens is 368 g/mol. The number of aryl methyl sites for hydroxylation is 1. The van der Waals surface area contributed by atoms with E-state index in [2.05, 4.69) is 4.57 Å². The van der Waals surface area contributed by atoms with Crippen molar-refractivity contribution in [1.29, 1.82) is 0 Å². The Balaban J connectivity index is 2.10. The maximum atomic E-state index is 12.9. The Morgan fingerprint density at radius 3 is 2.31 bits per heavy atom. The van der Waals surface area contributed by atoms with E-state index in [9.17, 15) is 9.59 Å². The number of esters is 1. The zero-order chi connectivity index (χ0) is 21.3. The zero-order valence-electron chi connectivity index (χ0n) is 17.7.